The zero-order chi connectivity index (χ0) is 17.4. The SMILES string of the molecule is COCCOc1cccc(CNC(=O)CN2CC(C)OC(C)C2)c1. The van der Waals surface area contributed by atoms with Crippen LogP contribution in [0.15, 0.2) is 24.3 Å². The van der Waals surface area contributed by atoms with Crippen LogP contribution in [-0.2, 0) is 20.8 Å². The second-order valence-electron chi connectivity index (χ2n) is 6.22. The van der Waals surface area contributed by atoms with Gasteiger partial charge in [0.25, 0.3) is 0 Å². The molecule has 0 saturated carbocycles. The monoisotopic (exact) mass is 336 g/mol. The number of carbonyl (C=O) groups excluding carboxylic acids is 1. The fraction of sp³-hybridized carbons (Fsp3) is 0.611. The van der Waals surface area contributed by atoms with Crippen molar-refractivity contribution in [3.63, 3.8) is 0 Å². The maximum absolute atomic E-state index is 12.2. The van der Waals surface area contributed by atoms with Crippen LogP contribution in [0.3, 0.4) is 0 Å². The third-order valence-corrected chi connectivity index (χ3v) is 3.81. The van der Waals surface area contributed by atoms with Gasteiger partial charge in [0, 0.05) is 26.7 Å². The normalized spacial score (nSPS) is 21.5. The van der Waals surface area contributed by atoms with Gasteiger partial charge in [0.05, 0.1) is 25.4 Å². The van der Waals surface area contributed by atoms with Crippen LogP contribution in [0.5, 0.6) is 5.75 Å². The quantitative estimate of drug-likeness (QED) is 0.728. The molecule has 1 aliphatic rings. The highest BCUT2D eigenvalue weighted by Crippen LogP contribution is 2.13. The minimum Gasteiger partial charge on any atom is -0.491 e. The molecular formula is C18H28N2O4. The largest absolute Gasteiger partial charge is 0.491 e. The molecule has 1 aromatic carbocycles. The maximum atomic E-state index is 12.2. The standard InChI is InChI=1S/C18H28N2O4/c1-14-11-20(12-15(2)24-14)13-18(21)19-10-16-5-4-6-17(9-16)23-8-7-22-3/h4-6,9,14-15H,7-8,10-13H2,1-3H3,(H,19,21). The molecule has 1 aromatic rings. The van der Waals surface area contributed by atoms with Crippen LogP contribution in [0.2, 0.25) is 0 Å². The number of nitrogens with one attached hydrogen (secondary N) is 1. The molecule has 1 heterocycles. The first-order chi connectivity index (χ1) is 11.6. The van der Waals surface area contributed by atoms with Gasteiger partial charge >= 0.3 is 0 Å². The lowest BCUT2D eigenvalue weighted by molar-refractivity contribution is -0.126. The van der Waals surface area contributed by atoms with Crippen molar-refractivity contribution in [3.05, 3.63) is 29.8 Å². The average molecular weight is 336 g/mol. The first-order valence-electron chi connectivity index (χ1n) is 8.42. The smallest absolute Gasteiger partial charge is 0.234 e. The molecule has 1 amide bonds. The van der Waals surface area contributed by atoms with E-state index in [1.165, 1.54) is 0 Å². The number of rotatable bonds is 8. The minimum atomic E-state index is 0.0296. The van der Waals surface area contributed by atoms with Crippen molar-refractivity contribution < 1.29 is 19.0 Å². The Balaban J connectivity index is 1.76. The molecule has 2 atom stereocenters. The summed E-state index contributed by atoms with van der Waals surface area (Å²) < 4.78 is 16.2. The molecule has 24 heavy (non-hydrogen) atoms. The van der Waals surface area contributed by atoms with Gasteiger partial charge in [-0.2, -0.15) is 0 Å². The molecule has 134 valence electrons. The molecule has 0 aromatic heterocycles. The van der Waals surface area contributed by atoms with E-state index in [4.69, 9.17) is 14.2 Å². The maximum Gasteiger partial charge on any atom is 0.234 e. The lowest BCUT2D eigenvalue weighted by Gasteiger charge is -2.34. The predicted molar refractivity (Wildman–Crippen MR) is 92.1 cm³/mol. The summed E-state index contributed by atoms with van der Waals surface area (Å²) in [5.41, 5.74) is 1.02. The molecule has 0 radical (unpaired) electrons. The van der Waals surface area contributed by atoms with Gasteiger partial charge in [-0.1, -0.05) is 12.1 Å². The zero-order valence-electron chi connectivity index (χ0n) is 14.8. The summed E-state index contributed by atoms with van der Waals surface area (Å²) in [6, 6.07) is 7.74. The fourth-order valence-corrected chi connectivity index (χ4v) is 2.86. The Morgan fingerprint density at radius 3 is 2.75 bits per heavy atom. The second kappa shape index (κ2) is 9.61. The van der Waals surface area contributed by atoms with E-state index < -0.39 is 0 Å². The van der Waals surface area contributed by atoms with Gasteiger partial charge in [-0.3, -0.25) is 9.69 Å². The third kappa shape index (κ3) is 6.47. The number of hydrogen-bond acceptors (Lipinski definition) is 5. The highest BCUT2D eigenvalue weighted by atomic mass is 16.5. The molecule has 2 unspecified atom stereocenters. The second-order valence-corrected chi connectivity index (χ2v) is 6.22. The van der Waals surface area contributed by atoms with Crippen LogP contribution in [0, 0.1) is 0 Å². The number of benzene rings is 1. The molecule has 1 fully saturated rings. The Morgan fingerprint density at radius 2 is 2.04 bits per heavy atom. The topological polar surface area (TPSA) is 60.0 Å². The summed E-state index contributed by atoms with van der Waals surface area (Å²) in [6.45, 7) is 7.63. The van der Waals surface area contributed by atoms with Crippen molar-refractivity contribution in [2.45, 2.75) is 32.6 Å². The van der Waals surface area contributed by atoms with E-state index in [0.717, 1.165) is 24.4 Å². The summed E-state index contributed by atoms with van der Waals surface area (Å²) in [5, 5.41) is 2.97. The number of hydrogen-bond donors (Lipinski definition) is 1. The molecule has 6 heteroatoms. The molecule has 1 N–H and O–H groups in total. The predicted octanol–water partition coefficient (Wildman–Crippen LogP) is 1.44. The van der Waals surface area contributed by atoms with Crippen LogP contribution in [0.25, 0.3) is 0 Å². The molecule has 1 aliphatic heterocycles. The molecule has 0 bridgehead atoms. The Labute approximate surface area is 144 Å². The summed E-state index contributed by atoms with van der Waals surface area (Å²) in [4.78, 5) is 14.3. The van der Waals surface area contributed by atoms with Crippen molar-refractivity contribution in [2.24, 2.45) is 0 Å². The lowest BCUT2D eigenvalue weighted by Crippen LogP contribution is -2.49. The van der Waals surface area contributed by atoms with E-state index in [1.54, 1.807) is 7.11 Å². The Hall–Kier alpha value is -1.63. The van der Waals surface area contributed by atoms with Crippen molar-refractivity contribution >= 4 is 5.91 Å². The number of carbonyl (C=O) groups is 1. The van der Waals surface area contributed by atoms with Gasteiger partial charge in [-0.25, -0.2) is 0 Å². The third-order valence-electron chi connectivity index (χ3n) is 3.81. The van der Waals surface area contributed by atoms with Crippen molar-refractivity contribution in [1.29, 1.82) is 0 Å². The van der Waals surface area contributed by atoms with Crippen molar-refractivity contribution in [3.8, 4) is 5.75 Å². The first kappa shape index (κ1) is 18.7. The van der Waals surface area contributed by atoms with Crippen molar-refractivity contribution in [1.82, 2.24) is 10.2 Å². The van der Waals surface area contributed by atoms with Gasteiger partial charge in [0.1, 0.15) is 12.4 Å². The van der Waals surface area contributed by atoms with Crippen LogP contribution in [0.4, 0.5) is 0 Å². The number of ether oxygens (including phenoxy) is 3. The summed E-state index contributed by atoms with van der Waals surface area (Å²) in [6.07, 6.45) is 0.338. The van der Waals surface area contributed by atoms with Gasteiger partial charge < -0.3 is 19.5 Å². The van der Waals surface area contributed by atoms with Crippen LogP contribution in [0.1, 0.15) is 19.4 Å². The van der Waals surface area contributed by atoms with E-state index >= 15 is 0 Å². The highest BCUT2D eigenvalue weighted by Gasteiger charge is 2.23. The Kier molecular flexibility index (Phi) is 7.49. The number of methoxy groups -OCH3 is 1. The van der Waals surface area contributed by atoms with Gasteiger partial charge in [0.15, 0.2) is 0 Å². The van der Waals surface area contributed by atoms with Crippen LogP contribution < -0.4 is 10.1 Å². The van der Waals surface area contributed by atoms with Crippen molar-refractivity contribution in [2.75, 3.05) is 40.0 Å². The van der Waals surface area contributed by atoms with Gasteiger partial charge in [-0.05, 0) is 31.5 Å². The average Bonchev–Trinajstić information content (AvgIpc) is 2.53. The van der Waals surface area contributed by atoms with E-state index in [-0.39, 0.29) is 18.1 Å². The molecule has 0 aliphatic carbocycles. The fourth-order valence-electron chi connectivity index (χ4n) is 2.86. The number of nitrogens with zero attached hydrogens (tertiary/aromatic N) is 1. The summed E-state index contributed by atoms with van der Waals surface area (Å²) >= 11 is 0. The molecular weight excluding hydrogens is 308 g/mol. The highest BCUT2D eigenvalue weighted by molar-refractivity contribution is 5.78. The zero-order valence-corrected chi connectivity index (χ0v) is 14.8. The van der Waals surface area contributed by atoms with Crippen LogP contribution >= 0.6 is 0 Å². The first-order valence-corrected chi connectivity index (χ1v) is 8.42. The number of amides is 1. The molecule has 6 nitrogen and oxygen atoms in total. The minimum absolute atomic E-state index is 0.0296. The lowest BCUT2D eigenvalue weighted by atomic mass is 10.2. The Bertz CT molecular complexity index is 513. The Morgan fingerprint density at radius 1 is 1.29 bits per heavy atom. The van der Waals surface area contributed by atoms with Gasteiger partial charge in [0.2, 0.25) is 5.91 Å². The van der Waals surface area contributed by atoms with E-state index in [0.29, 0.717) is 26.3 Å². The molecule has 2 rings (SSSR count). The van der Waals surface area contributed by atoms with E-state index in [9.17, 15) is 4.79 Å². The number of morpholine rings is 1. The van der Waals surface area contributed by atoms with E-state index in [2.05, 4.69) is 10.2 Å². The summed E-state index contributed by atoms with van der Waals surface area (Å²) in [5.74, 6) is 0.816. The van der Waals surface area contributed by atoms with E-state index in [1.807, 2.05) is 38.1 Å². The molecule has 1 saturated heterocycles. The van der Waals surface area contributed by atoms with Gasteiger partial charge in [-0.15, -0.1) is 0 Å². The van der Waals surface area contributed by atoms with Crippen LogP contribution in [-0.4, -0.2) is 63.0 Å². The summed E-state index contributed by atoms with van der Waals surface area (Å²) in [7, 11) is 1.64. The molecule has 0 spiro atoms.